The number of carbonyl (C=O) groups is 2. The molecule has 1 aliphatic rings. The van der Waals surface area contributed by atoms with E-state index in [1.165, 1.54) is 25.1 Å². The Labute approximate surface area is 155 Å². The fourth-order valence-electron chi connectivity index (χ4n) is 2.34. The third-order valence-electron chi connectivity index (χ3n) is 3.79. The third-order valence-corrected chi connectivity index (χ3v) is 4.13. The molecule has 0 radical (unpaired) electrons. The van der Waals surface area contributed by atoms with Gasteiger partial charge in [-0.1, -0.05) is 17.7 Å². The van der Waals surface area contributed by atoms with Crippen molar-refractivity contribution < 1.29 is 23.8 Å². The number of ether oxygens (including phenoxy) is 3. The number of halogens is 1. The van der Waals surface area contributed by atoms with E-state index in [-0.39, 0.29) is 24.6 Å². The van der Waals surface area contributed by atoms with E-state index in [1.54, 1.807) is 12.1 Å². The first-order valence-electron chi connectivity index (χ1n) is 7.86. The topological polar surface area (TPSA) is 99.9 Å². The predicted octanol–water partition coefficient (Wildman–Crippen LogP) is 2.51. The molecule has 136 valence electrons. The van der Waals surface area contributed by atoms with Crippen LogP contribution in [0.2, 0.25) is 5.02 Å². The van der Waals surface area contributed by atoms with Gasteiger partial charge in [0.1, 0.15) is 0 Å². The van der Waals surface area contributed by atoms with Crippen LogP contribution in [0.5, 0.6) is 11.5 Å². The number of esters is 1. The van der Waals surface area contributed by atoms with Gasteiger partial charge in [-0.25, -0.2) is 4.79 Å². The van der Waals surface area contributed by atoms with Gasteiger partial charge in [0.2, 0.25) is 6.79 Å². The molecule has 0 saturated heterocycles. The van der Waals surface area contributed by atoms with Gasteiger partial charge in [0.05, 0.1) is 16.3 Å². The number of fused-ring (bicyclic) bond motifs is 1. The lowest BCUT2D eigenvalue weighted by molar-refractivity contribution is -0.129. The van der Waals surface area contributed by atoms with E-state index in [4.69, 9.17) is 31.5 Å². The Morgan fingerprint density at radius 1 is 1.23 bits per heavy atom. The highest BCUT2D eigenvalue weighted by Gasteiger charge is 2.20. The molecule has 2 aromatic rings. The zero-order chi connectivity index (χ0) is 18.7. The van der Waals surface area contributed by atoms with Crippen LogP contribution in [-0.4, -0.2) is 24.8 Å². The SMILES string of the molecule is C[C@@H](OC(=O)c1ccc(Cl)c(N)c1)C(=O)NCc1ccc2c(c1)OCO2. The number of nitrogen functional groups attached to an aromatic ring is 1. The summed E-state index contributed by atoms with van der Waals surface area (Å²) in [5.41, 5.74) is 6.99. The molecule has 1 aliphatic heterocycles. The van der Waals surface area contributed by atoms with Gasteiger partial charge in [-0.15, -0.1) is 0 Å². The van der Waals surface area contributed by atoms with E-state index in [0.717, 1.165) is 5.56 Å². The first-order chi connectivity index (χ1) is 12.4. The second kappa shape index (κ2) is 7.53. The number of nitrogens with two attached hydrogens (primary N) is 1. The van der Waals surface area contributed by atoms with Gasteiger partial charge in [0.25, 0.3) is 5.91 Å². The smallest absolute Gasteiger partial charge is 0.338 e. The van der Waals surface area contributed by atoms with Crippen LogP contribution in [-0.2, 0) is 16.1 Å². The molecule has 0 fully saturated rings. The first kappa shape index (κ1) is 17.9. The summed E-state index contributed by atoms with van der Waals surface area (Å²) in [7, 11) is 0. The summed E-state index contributed by atoms with van der Waals surface area (Å²) in [5.74, 6) is 0.234. The van der Waals surface area contributed by atoms with Gasteiger partial charge in [-0.3, -0.25) is 4.79 Å². The van der Waals surface area contributed by atoms with Crippen LogP contribution in [0.25, 0.3) is 0 Å². The Bertz CT molecular complexity index is 855. The van der Waals surface area contributed by atoms with E-state index in [9.17, 15) is 9.59 Å². The third kappa shape index (κ3) is 4.00. The molecule has 2 aromatic carbocycles. The van der Waals surface area contributed by atoms with Crippen molar-refractivity contribution in [3.8, 4) is 11.5 Å². The minimum atomic E-state index is -0.964. The number of hydrogen-bond acceptors (Lipinski definition) is 6. The molecular formula is C18H17ClN2O5. The molecule has 0 saturated carbocycles. The molecule has 1 heterocycles. The fourth-order valence-corrected chi connectivity index (χ4v) is 2.45. The van der Waals surface area contributed by atoms with E-state index in [1.807, 2.05) is 6.07 Å². The lowest BCUT2D eigenvalue weighted by atomic mass is 10.2. The highest BCUT2D eigenvalue weighted by atomic mass is 35.5. The van der Waals surface area contributed by atoms with Gasteiger partial charge in [0.15, 0.2) is 17.6 Å². The van der Waals surface area contributed by atoms with Crippen molar-refractivity contribution >= 4 is 29.2 Å². The molecule has 0 aliphatic carbocycles. The summed E-state index contributed by atoms with van der Waals surface area (Å²) in [6, 6.07) is 9.77. The lowest BCUT2D eigenvalue weighted by Crippen LogP contribution is -2.35. The van der Waals surface area contributed by atoms with Crippen LogP contribution in [0.3, 0.4) is 0 Å². The van der Waals surface area contributed by atoms with Gasteiger partial charge in [0, 0.05) is 6.54 Å². The Morgan fingerprint density at radius 2 is 2.00 bits per heavy atom. The number of benzene rings is 2. The zero-order valence-corrected chi connectivity index (χ0v) is 14.7. The standard InChI is InChI=1S/C18H17ClN2O5/c1-10(26-18(23)12-3-4-13(19)14(20)7-12)17(22)21-8-11-2-5-15-16(6-11)25-9-24-15/h2-7,10H,8-9,20H2,1H3,(H,21,22)/t10-/m1/s1. The summed E-state index contributed by atoms with van der Waals surface area (Å²) in [5, 5.41) is 3.05. The number of anilines is 1. The Hall–Kier alpha value is -2.93. The van der Waals surface area contributed by atoms with Crippen LogP contribution in [0.1, 0.15) is 22.8 Å². The van der Waals surface area contributed by atoms with Crippen molar-refractivity contribution in [1.82, 2.24) is 5.32 Å². The number of amides is 1. The molecule has 0 aromatic heterocycles. The van der Waals surface area contributed by atoms with E-state index in [0.29, 0.717) is 16.5 Å². The second-order valence-corrected chi connectivity index (χ2v) is 6.10. The Balaban J connectivity index is 1.54. The first-order valence-corrected chi connectivity index (χ1v) is 8.24. The number of carbonyl (C=O) groups excluding carboxylic acids is 2. The summed E-state index contributed by atoms with van der Waals surface area (Å²) in [6.45, 7) is 1.95. The van der Waals surface area contributed by atoms with Crippen LogP contribution in [0.4, 0.5) is 5.69 Å². The minimum Gasteiger partial charge on any atom is -0.454 e. The number of rotatable bonds is 5. The maximum absolute atomic E-state index is 12.1. The summed E-state index contributed by atoms with van der Waals surface area (Å²) in [6.07, 6.45) is -0.964. The van der Waals surface area contributed by atoms with E-state index in [2.05, 4.69) is 5.32 Å². The molecule has 3 rings (SSSR count). The molecule has 7 nitrogen and oxygen atoms in total. The lowest BCUT2D eigenvalue weighted by Gasteiger charge is -2.14. The minimum absolute atomic E-state index is 0.188. The van der Waals surface area contributed by atoms with Crippen LogP contribution < -0.4 is 20.5 Å². The summed E-state index contributed by atoms with van der Waals surface area (Å²) in [4.78, 5) is 24.2. The number of hydrogen-bond donors (Lipinski definition) is 2. The van der Waals surface area contributed by atoms with Crippen LogP contribution in [0.15, 0.2) is 36.4 Å². The fraction of sp³-hybridized carbons (Fsp3) is 0.222. The largest absolute Gasteiger partial charge is 0.454 e. The quantitative estimate of drug-likeness (QED) is 0.614. The maximum atomic E-state index is 12.1. The van der Waals surface area contributed by atoms with Crippen molar-refractivity contribution in [1.29, 1.82) is 0 Å². The summed E-state index contributed by atoms with van der Waals surface area (Å²) >= 11 is 5.82. The van der Waals surface area contributed by atoms with Crippen molar-refractivity contribution in [2.75, 3.05) is 12.5 Å². The van der Waals surface area contributed by atoms with Crippen LogP contribution in [0, 0.1) is 0 Å². The van der Waals surface area contributed by atoms with Gasteiger partial charge in [-0.05, 0) is 42.8 Å². The van der Waals surface area contributed by atoms with E-state index >= 15 is 0 Å². The Kier molecular flexibility index (Phi) is 5.18. The molecule has 3 N–H and O–H groups in total. The molecule has 1 amide bonds. The molecule has 0 unspecified atom stereocenters. The zero-order valence-electron chi connectivity index (χ0n) is 14.0. The second-order valence-electron chi connectivity index (χ2n) is 5.69. The van der Waals surface area contributed by atoms with Crippen molar-refractivity contribution in [3.05, 3.63) is 52.5 Å². The van der Waals surface area contributed by atoms with Gasteiger partial charge < -0.3 is 25.3 Å². The highest BCUT2D eigenvalue weighted by molar-refractivity contribution is 6.33. The normalized spacial score (nSPS) is 13.2. The van der Waals surface area contributed by atoms with Gasteiger partial charge in [-0.2, -0.15) is 0 Å². The molecular weight excluding hydrogens is 360 g/mol. The number of nitrogens with one attached hydrogen (secondary N) is 1. The molecule has 0 bridgehead atoms. The average Bonchev–Trinajstić information content (AvgIpc) is 3.09. The van der Waals surface area contributed by atoms with Crippen molar-refractivity contribution in [2.24, 2.45) is 0 Å². The van der Waals surface area contributed by atoms with Crippen LogP contribution >= 0.6 is 11.6 Å². The monoisotopic (exact) mass is 376 g/mol. The predicted molar refractivity (Wildman–Crippen MR) is 95.2 cm³/mol. The average molecular weight is 377 g/mol. The highest BCUT2D eigenvalue weighted by Crippen LogP contribution is 2.32. The molecule has 8 heteroatoms. The summed E-state index contributed by atoms with van der Waals surface area (Å²) < 4.78 is 15.7. The van der Waals surface area contributed by atoms with Crippen molar-refractivity contribution in [2.45, 2.75) is 19.6 Å². The van der Waals surface area contributed by atoms with E-state index < -0.39 is 18.0 Å². The maximum Gasteiger partial charge on any atom is 0.338 e. The Morgan fingerprint density at radius 3 is 2.77 bits per heavy atom. The molecule has 0 spiro atoms. The van der Waals surface area contributed by atoms with Crippen molar-refractivity contribution in [3.63, 3.8) is 0 Å². The van der Waals surface area contributed by atoms with Gasteiger partial charge >= 0.3 is 5.97 Å². The molecule has 1 atom stereocenters. The molecule has 26 heavy (non-hydrogen) atoms.